The molecule has 1 aromatic carbocycles. The largest absolute Gasteiger partial charge is 0.508 e. The lowest BCUT2D eigenvalue weighted by molar-refractivity contribution is -0.151. The first-order valence-corrected chi connectivity index (χ1v) is 6.38. The molecule has 0 unspecified atom stereocenters. The Morgan fingerprint density at radius 2 is 1.89 bits per heavy atom. The van der Waals surface area contributed by atoms with Gasteiger partial charge in [-0.3, -0.25) is 4.79 Å². The lowest BCUT2D eigenvalue weighted by atomic mass is 10.0. The number of carboxylic acid groups (broad SMARTS) is 1. The van der Waals surface area contributed by atoms with Gasteiger partial charge in [-0.15, -0.1) is 0 Å². The highest BCUT2D eigenvalue weighted by atomic mass is 16.4. The van der Waals surface area contributed by atoms with E-state index in [-0.39, 0.29) is 18.1 Å². The second-order valence-electron chi connectivity index (χ2n) is 4.78. The Morgan fingerprint density at radius 3 is 2.53 bits per heavy atom. The van der Waals surface area contributed by atoms with Crippen LogP contribution in [0, 0.1) is 0 Å². The molecule has 1 aliphatic heterocycles. The van der Waals surface area contributed by atoms with Crippen LogP contribution in [0.3, 0.4) is 0 Å². The van der Waals surface area contributed by atoms with Gasteiger partial charge >= 0.3 is 5.97 Å². The Balaban J connectivity index is 2.05. The summed E-state index contributed by atoms with van der Waals surface area (Å²) in [6, 6.07) is 5.69. The second-order valence-corrected chi connectivity index (χ2v) is 4.78. The summed E-state index contributed by atoms with van der Waals surface area (Å²) < 4.78 is 0. The first-order valence-electron chi connectivity index (χ1n) is 6.38. The van der Waals surface area contributed by atoms with Crippen LogP contribution in [0.25, 0.3) is 0 Å². The maximum Gasteiger partial charge on any atom is 0.326 e. The first-order chi connectivity index (χ1) is 9.08. The summed E-state index contributed by atoms with van der Waals surface area (Å²) in [7, 11) is 0. The van der Waals surface area contributed by atoms with Gasteiger partial charge in [-0.05, 0) is 37.0 Å². The molecule has 19 heavy (non-hydrogen) atoms. The number of piperidine rings is 1. The van der Waals surface area contributed by atoms with Gasteiger partial charge in [0.15, 0.2) is 0 Å². The van der Waals surface area contributed by atoms with Gasteiger partial charge in [0, 0.05) is 6.54 Å². The molecule has 0 aliphatic carbocycles. The van der Waals surface area contributed by atoms with Crippen LogP contribution in [0.15, 0.2) is 24.3 Å². The molecule has 1 atom stereocenters. The molecule has 1 heterocycles. The zero-order chi connectivity index (χ0) is 13.8. The summed E-state index contributed by atoms with van der Waals surface area (Å²) in [4.78, 5) is 24.8. The second kappa shape index (κ2) is 5.73. The highest BCUT2D eigenvalue weighted by Crippen LogP contribution is 2.19. The van der Waals surface area contributed by atoms with Crippen LogP contribution >= 0.6 is 0 Å². The molecule has 1 aliphatic rings. The Bertz CT molecular complexity index is 469. The van der Waals surface area contributed by atoms with Crippen molar-refractivity contribution >= 4 is 11.9 Å². The number of likely N-dealkylation sites (tertiary alicyclic amines) is 1. The molecule has 5 nitrogen and oxygen atoms in total. The normalized spacial score (nSPS) is 19.2. The number of carbonyl (C=O) groups excluding carboxylic acids is 1. The summed E-state index contributed by atoms with van der Waals surface area (Å²) in [5.41, 5.74) is 0.775. The van der Waals surface area contributed by atoms with E-state index < -0.39 is 12.0 Å². The third-order valence-corrected chi connectivity index (χ3v) is 3.40. The zero-order valence-electron chi connectivity index (χ0n) is 10.6. The average molecular weight is 263 g/mol. The molecular formula is C14H17NO4. The molecule has 0 saturated carbocycles. The van der Waals surface area contributed by atoms with Gasteiger partial charge in [0.2, 0.25) is 5.91 Å². The highest BCUT2D eigenvalue weighted by molar-refractivity contribution is 5.85. The molecule has 2 N–H and O–H groups in total. The van der Waals surface area contributed by atoms with Crippen LogP contribution in [-0.2, 0) is 16.0 Å². The molecule has 1 aromatic rings. The Morgan fingerprint density at radius 1 is 1.21 bits per heavy atom. The number of hydrogen-bond donors (Lipinski definition) is 2. The molecule has 1 saturated heterocycles. The fourth-order valence-electron chi connectivity index (χ4n) is 2.38. The summed E-state index contributed by atoms with van der Waals surface area (Å²) >= 11 is 0. The number of rotatable bonds is 3. The summed E-state index contributed by atoms with van der Waals surface area (Å²) in [5.74, 6) is -0.950. The van der Waals surface area contributed by atoms with E-state index in [0.29, 0.717) is 13.0 Å². The van der Waals surface area contributed by atoms with Crippen molar-refractivity contribution in [1.82, 2.24) is 4.90 Å². The summed E-state index contributed by atoms with van der Waals surface area (Å²) in [6.07, 6.45) is 2.39. The predicted molar refractivity (Wildman–Crippen MR) is 68.8 cm³/mol. The molecular weight excluding hydrogens is 246 g/mol. The van der Waals surface area contributed by atoms with E-state index in [1.807, 2.05) is 0 Å². The fraction of sp³-hybridized carbons (Fsp3) is 0.429. The number of hydrogen-bond acceptors (Lipinski definition) is 3. The molecule has 0 bridgehead atoms. The summed E-state index contributed by atoms with van der Waals surface area (Å²) in [5, 5.41) is 18.3. The van der Waals surface area contributed by atoms with Gasteiger partial charge in [-0.2, -0.15) is 0 Å². The lowest BCUT2D eigenvalue weighted by Crippen LogP contribution is -2.48. The van der Waals surface area contributed by atoms with Gasteiger partial charge in [0.05, 0.1) is 6.42 Å². The molecule has 0 aromatic heterocycles. The molecule has 102 valence electrons. The van der Waals surface area contributed by atoms with Crippen LogP contribution in [0.4, 0.5) is 0 Å². The van der Waals surface area contributed by atoms with Gasteiger partial charge in [-0.25, -0.2) is 4.79 Å². The van der Waals surface area contributed by atoms with Crippen molar-refractivity contribution in [3.05, 3.63) is 29.8 Å². The fourth-order valence-corrected chi connectivity index (χ4v) is 2.38. The van der Waals surface area contributed by atoms with E-state index in [0.717, 1.165) is 18.4 Å². The summed E-state index contributed by atoms with van der Waals surface area (Å²) in [6.45, 7) is 0.508. The third-order valence-electron chi connectivity index (χ3n) is 3.40. The van der Waals surface area contributed by atoms with Crippen molar-refractivity contribution in [2.24, 2.45) is 0 Å². The van der Waals surface area contributed by atoms with Crippen LogP contribution in [0.1, 0.15) is 24.8 Å². The van der Waals surface area contributed by atoms with Crippen LogP contribution in [0.2, 0.25) is 0 Å². The SMILES string of the molecule is O=C(O)[C@@H]1CCCCN1C(=O)Cc1ccc(O)cc1. The van der Waals surface area contributed by atoms with Gasteiger partial charge < -0.3 is 15.1 Å². The maximum absolute atomic E-state index is 12.2. The smallest absolute Gasteiger partial charge is 0.326 e. The Hall–Kier alpha value is -2.04. The standard InChI is InChI=1S/C14H17NO4/c16-11-6-4-10(5-7-11)9-13(17)15-8-2-1-3-12(15)14(18)19/h4-7,12,16H,1-3,8-9H2,(H,18,19)/t12-/m0/s1. The monoisotopic (exact) mass is 263 g/mol. The number of carbonyl (C=O) groups is 2. The predicted octanol–water partition coefficient (Wildman–Crippen LogP) is 1.40. The Labute approximate surface area is 111 Å². The van der Waals surface area contributed by atoms with E-state index >= 15 is 0 Å². The van der Waals surface area contributed by atoms with Crippen molar-refractivity contribution < 1.29 is 19.8 Å². The van der Waals surface area contributed by atoms with Crippen molar-refractivity contribution in [2.45, 2.75) is 31.7 Å². The van der Waals surface area contributed by atoms with Crippen LogP contribution in [0.5, 0.6) is 5.75 Å². The molecule has 1 fully saturated rings. The van der Waals surface area contributed by atoms with Gasteiger partial charge in [-0.1, -0.05) is 12.1 Å². The van der Waals surface area contributed by atoms with E-state index in [4.69, 9.17) is 5.11 Å². The van der Waals surface area contributed by atoms with Crippen molar-refractivity contribution in [3.63, 3.8) is 0 Å². The van der Waals surface area contributed by atoms with Crippen LogP contribution < -0.4 is 0 Å². The number of phenolic OH excluding ortho intramolecular Hbond substituents is 1. The number of phenols is 1. The van der Waals surface area contributed by atoms with E-state index in [1.54, 1.807) is 12.1 Å². The van der Waals surface area contributed by atoms with Gasteiger partial charge in [0.1, 0.15) is 11.8 Å². The maximum atomic E-state index is 12.2. The highest BCUT2D eigenvalue weighted by Gasteiger charge is 2.31. The minimum Gasteiger partial charge on any atom is -0.508 e. The van der Waals surface area contributed by atoms with Crippen molar-refractivity contribution in [1.29, 1.82) is 0 Å². The van der Waals surface area contributed by atoms with E-state index in [2.05, 4.69) is 0 Å². The molecule has 0 spiro atoms. The van der Waals surface area contributed by atoms with E-state index in [9.17, 15) is 14.7 Å². The quantitative estimate of drug-likeness (QED) is 0.864. The minimum atomic E-state index is -0.932. The van der Waals surface area contributed by atoms with Gasteiger partial charge in [0.25, 0.3) is 0 Å². The minimum absolute atomic E-state index is 0.151. The number of aromatic hydroxyl groups is 1. The van der Waals surface area contributed by atoms with Crippen molar-refractivity contribution in [3.8, 4) is 5.75 Å². The zero-order valence-corrected chi connectivity index (χ0v) is 10.6. The molecule has 5 heteroatoms. The van der Waals surface area contributed by atoms with E-state index in [1.165, 1.54) is 17.0 Å². The van der Waals surface area contributed by atoms with Crippen molar-refractivity contribution in [2.75, 3.05) is 6.54 Å². The molecule has 0 radical (unpaired) electrons. The number of nitrogens with zero attached hydrogens (tertiary/aromatic N) is 1. The topological polar surface area (TPSA) is 77.8 Å². The first kappa shape index (κ1) is 13.4. The molecule has 2 rings (SSSR count). The molecule has 1 amide bonds. The Kier molecular flexibility index (Phi) is 4.04. The number of amides is 1. The average Bonchev–Trinajstić information content (AvgIpc) is 2.41. The number of aliphatic carboxylic acids is 1. The lowest BCUT2D eigenvalue weighted by Gasteiger charge is -2.33. The number of carboxylic acids is 1. The van der Waals surface area contributed by atoms with Crippen LogP contribution in [-0.4, -0.2) is 39.6 Å². The number of benzene rings is 1. The third kappa shape index (κ3) is 3.24.